The lowest BCUT2D eigenvalue weighted by Gasteiger charge is -2.18. The number of benzene rings is 1. The molecule has 0 saturated heterocycles. The fraction of sp³-hybridized carbons (Fsp3) is 0.385. The standard InChI is InChI=1S/C13H16N2/c1-8-5-6-9-10-3-2-4-11(14)13(10)15-12(9)7-8/h5-7,11,15H,2-4,14H2,1H3. The lowest BCUT2D eigenvalue weighted by atomic mass is 9.92. The highest BCUT2D eigenvalue weighted by molar-refractivity contribution is 5.85. The summed E-state index contributed by atoms with van der Waals surface area (Å²) in [4.78, 5) is 3.48. The van der Waals surface area contributed by atoms with Crippen molar-refractivity contribution < 1.29 is 0 Å². The molecule has 2 heteroatoms. The van der Waals surface area contributed by atoms with Crippen molar-refractivity contribution in [2.45, 2.75) is 32.2 Å². The van der Waals surface area contributed by atoms with Crippen LogP contribution in [0, 0.1) is 6.92 Å². The van der Waals surface area contributed by atoms with E-state index in [4.69, 9.17) is 5.73 Å². The van der Waals surface area contributed by atoms with Crippen molar-refractivity contribution in [3.05, 3.63) is 35.0 Å². The van der Waals surface area contributed by atoms with Crippen LogP contribution < -0.4 is 5.73 Å². The number of aromatic nitrogens is 1. The van der Waals surface area contributed by atoms with Crippen LogP contribution in [-0.4, -0.2) is 4.98 Å². The average Bonchev–Trinajstić information content (AvgIpc) is 2.57. The maximum Gasteiger partial charge on any atom is 0.0462 e. The molecule has 15 heavy (non-hydrogen) atoms. The van der Waals surface area contributed by atoms with Gasteiger partial charge in [0.25, 0.3) is 0 Å². The minimum Gasteiger partial charge on any atom is -0.357 e. The molecule has 0 amide bonds. The Hall–Kier alpha value is -1.28. The first kappa shape index (κ1) is 8.98. The molecule has 1 aliphatic carbocycles. The zero-order valence-corrected chi connectivity index (χ0v) is 9.01. The van der Waals surface area contributed by atoms with Gasteiger partial charge in [0.2, 0.25) is 0 Å². The molecule has 1 unspecified atom stereocenters. The van der Waals surface area contributed by atoms with Gasteiger partial charge >= 0.3 is 0 Å². The highest BCUT2D eigenvalue weighted by Crippen LogP contribution is 2.33. The molecule has 2 aromatic rings. The van der Waals surface area contributed by atoms with Crippen LogP contribution in [0.3, 0.4) is 0 Å². The summed E-state index contributed by atoms with van der Waals surface area (Å²) in [6.07, 6.45) is 3.50. The van der Waals surface area contributed by atoms with Crippen LogP contribution in [0.4, 0.5) is 0 Å². The normalized spacial score (nSPS) is 20.5. The predicted octanol–water partition coefficient (Wildman–Crippen LogP) is 2.81. The SMILES string of the molecule is Cc1ccc2c3c([nH]c2c1)C(N)CCC3. The first-order valence-corrected chi connectivity index (χ1v) is 5.62. The molecular weight excluding hydrogens is 184 g/mol. The third-order valence-electron chi connectivity index (χ3n) is 3.41. The number of nitrogens with one attached hydrogen (secondary N) is 1. The van der Waals surface area contributed by atoms with Crippen molar-refractivity contribution in [3.8, 4) is 0 Å². The molecule has 1 atom stereocenters. The van der Waals surface area contributed by atoms with E-state index in [9.17, 15) is 0 Å². The molecule has 0 saturated carbocycles. The molecule has 0 bridgehead atoms. The van der Waals surface area contributed by atoms with Gasteiger partial charge in [-0.15, -0.1) is 0 Å². The Kier molecular flexibility index (Phi) is 1.86. The third-order valence-corrected chi connectivity index (χ3v) is 3.41. The number of fused-ring (bicyclic) bond motifs is 3. The van der Waals surface area contributed by atoms with Gasteiger partial charge in [0.05, 0.1) is 0 Å². The molecule has 1 aromatic carbocycles. The molecule has 0 radical (unpaired) electrons. The Morgan fingerprint density at radius 1 is 1.40 bits per heavy atom. The van der Waals surface area contributed by atoms with E-state index >= 15 is 0 Å². The molecule has 1 aromatic heterocycles. The van der Waals surface area contributed by atoms with E-state index in [2.05, 4.69) is 30.1 Å². The molecule has 3 rings (SSSR count). The van der Waals surface area contributed by atoms with Gasteiger partial charge in [-0.1, -0.05) is 12.1 Å². The molecule has 0 spiro atoms. The summed E-state index contributed by atoms with van der Waals surface area (Å²) in [5.74, 6) is 0. The molecule has 0 aliphatic heterocycles. The van der Waals surface area contributed by atoms with Gasteiger partial charge in [0, 0.05) is 22.6 Å². The Balaban J connectivity index is 2.30. The molecule has 1 aliphatic rings. The second-order valence-electron chi connectivity index (χ2n) is 4.56. The number of aryl methyl sites for hydroxylation is 2. The second kappa shape index (κ2) is 3.11. The van der Waals surface area contributed by atoms with Crippen molar-refractivity contribution in [2.75, 3.05) is 0 Å². The Morgan fingerprint density at radius 2 is 2.27 bits per heavy atom. The quantitative estimate of drug-likeness (QED) is 0.674. The van der Waals surface area contributed by atoms with Gasteiger partial charge < -0.3 is 10.7 Å². The fourth-order valence-corrected chi connectivity index (χ4v) is 2.62. The van der Waals surface area contributed by atoms with E-state index in [1.807, 2.05) is 0 Å². The van der Waals surface area contributed by atoms with Crippen LogP contribution in [0.5, 0.6) is 0 Å². The summed E-state index contributed by atoms with van der Waals surface area (Å²) in [6.45, 7) is 2.12. The van der Waals surface area contributed by atoms with Crippen molar-refractivity contribution in [2.24, 2.45) is 5.73 Å². The number of rotatable bonds is 0. The van der Waals surface area contributed by atoms with Gasteiger partial charge in [0.15, 0.2) is 0 Å². The number of hydrogen-bond donors (Lipinski definition) is 2. The number of hydrogen-bond acceptors (Lipinski definition) is 1. The van der Waals surface area contributed by atoms with E-state index in [0.29, 0.717) is 0 Å². The zero-order chi connectivity index (χ0) is 10.4. The number of H-pyrrole nitrogens is 1. The van der Waals surface area contributed by atoms with Gasteiger partial charge in [-0.2, -0.15) is 0 Å². The largest absolute Gasteiger partial charge is 0.357 e. The monoisotopic (exact) mass is 200 g/mol. The van der Waals surface area contributed by atoms with Gasteiger partial charge in [-0.25, -0.2) is 0 Å². The molecular formula is C13H16N2. The third kappa shape index (κ3) is 1.29. The Labute approximate surface area is 89.5 Å². The minimum absolute atomic E-state index is 0.210. The summed E-state index contributed by atoms with van der Waals surface area (Å²) >= 11 is 0. The highest BCUT2D eigenvalue weighted by atomic mass is 14.8. The van der Waals surface area contributed by atoms with E-state index in [1.54, 1.807) is 0 Å². The van der Waals surface area contributed by atoms with Gasteiger partial charge in [-0.05, 0) is 43.4 Å². The van der Waals surface area contributed by atoms with E-state index in [1.165, 1.54) is 40.6 Å². The summed E-state index contributed by atoms with van der Waals surface area (Å²) in [5, 5.41) is 1.37. The van der Waals surface area contributed by atoms with Crippen LogP contribution in [0.2, 0.25) is 0 Å². The van der Waals surface area contributed by atoms with Crippen LogP contribution in [0.1, 0.15) is 35.7 Å². The summed E-state index contributed by atoms with van der Waals surface area (Å²) in [7, 11) is 0. The number of nitrogens with two attached hydrogens (primary N) is 1. The van der Waals surface area contributed by atoms with Crippen molar-refractivity contribution >= 4 is 10.9 Å². The maximum atomic E-state index is 6.12. The van der Waals surface area contributed by atoms with E-state index in [0.717, 1.165) is 6.42 Å². The first-order valence-electron chi connectivity index (χ1n) is 5.62. The minimum atomic E-state index is 0.210. The highest BCUT2D eigenvalue weighted by Gasteiger charge is 2.20. The molecule has 1 heterocycles. The Morgan fingerprint density at radius 3 is 3.13 bits per heavy atom. The van der Waals surface area contributed by atoms with Crippen molar-refractivity contribution in [1.82, 2.24) is 4.98 Å². The second-order valence-corrected chi connectivity index (χ2v) is 4.56. The fourth-order valence-electron chi connectivity index (χ4n) is 2.62. The van der Waals surface area contributed by atoms with Crippen molar-refractivity contribution in [3.63, 3.8) is 0 Å². The van der Waals surface area contributed by atoms with Crippen LogP contribution in [-0.2, 0) is 6.42 Å². The smallest absolute Gasteiger partial charge is 0.0462 e. The topological polar surface area (TPSA) is 41.8 Å². The van der Waals surface area contributed by atoms with Crippen LogP contribution in [0.25, 0.3) is 10.9 Å². The predicted molar refractivity (Wildman–Crippen MR) is 62.9 cm³/mol. The van der Waals surface area contributed by atoms with E-state index in [-0.39, 0.29) is 6.04 Å². The lowest BCUT2D eigenvalue weighted by molar-refractivity contribution is 0.562. The van der Waals surface area contributed by atoms with Crippen LogP contribution in [0.15, 0.2) is 18.2 Å². The number of aromatic amines is 1. The van der Waals surface area contributed by atoms with Gasteiger partial charge in [-0.3, -0.25) is 0 Å². The molecule has 78 valence electrons. The molecule has 3 N–H and O–H groups in total. The maximum absolute atomic E-state index is 6.12. The van der Waals surface area contributed by atoms with Crippen LogP contribution >= 0.6 is 0 Å². The van der Waals surface area contributed by atoms with E-state index < -0.39 is 0 Å². The summed E-state index contributed by atoms with van der Waals surface area (Å²) in [5.41, 5.74) is 11.4. The average molecular weight is 200 g/mol. The summed E-state index contributed by atoms with van der Waals surface area (Å²) in [6, 6.07) is 6.82. The lowest BCUT2D eigenvalue weighted by Crippen LogP contribution is -2.16. The molecule has 0 fully saturated rings. The van der Waals surface area contributed by atoms with Crippen molar-refractivity contribution in [1.29, 1.82) is 0 Å². The molecule has 2 nitrogen and oxygen atoms in total. The zero-order valence-electron chi connectivity index (χ0n) is 9.01. The van der Waals surface area contributed by atoms with Gasteiger partial charge in [0.1, 0.15) is 0 Å². The summed E-state index contributed by atoms with van der Waals surface area (Å²) < 4.78 is 0. The Bertz CT molecular complexity index is 510. The first-order chi connectivity index (χ1) is 7.25.